The average molecular weight is 420 g/mol. The Hall–Kier alpha value is -3.37. The topological polar surface area (TPSA) is 82.0 Å². The van der Waals surface area contributed by atoms with Crippen LogP contribution in [0.5, 0.6) is 5.75 Å². The van der Waals surface area contributed by atoms with E-state index in [0.29, 0.717) is 29.6 Å². The number of benzene rings is 2. The minimum Gasteiger partial charge on any atom is -0.497 e. The van der Waals surface area contributed by atoms with E-state index in [9.17, 15) is 5.26 Å². The number of nitrogens with one attached hydrogen (secondary N) is 3. The molecule has 1 heterocycles. The Balaban J connectivity index is 1.52. The van der Waals surface area contributed by atoms with Gasteiger partial charge in [-0.2, -0.15) is 5.26 Å². The summed E-state index contributed by atoms with van der Waals surface area (Å²) in [5, 5.41) is 20.6. The zero-order valence-electron chi connectivity index (χ0n) is 17.4. The van der Waals surface area contributed by atoms with Crippen LogP contribution in [0.25, 0.3) is 10.9 Å². The summed E-state index contributed by atoms with van der Waals surface area (Å²) in [7, 11) is 1.63. The zero-order chi connectivity index (χ0) is 21.5. The molecular weight excluding hydrogens is 394 g/mol. The van der Waals surface area contributed by atoms with Gasteiger partial charge in [0.05, 0.1) is 18.2 Å². The molecule has 30 heavy (non-hydrogen) atoms. The predicted octanol–water partition coefficient (Wildman–Crippen LogP) is 4.52. The van der Waals surface area contributed by atoms with Crippen molar-refractivity contribution in [1.82, 2.24) is 10.3 Å². The fourth-order valence-corrected chi connectivity index (χ4v) is 3.30. The number of pyridine rings is 1. The van der Waals surface area contributed by atoms with E-state index in [-0.39, 0.29) is 0 Å². The van der Waals surface area contributed by atoms with E-state index in [1.54, 1.807) is 7.11 Å². The van der Waals surface area contributed by atoms with Gasteiger partial charge >= 0.3 is 0 Å². The Labute approximate surface area is 182 Å². The van der Waals surface area contributed by atoms with Gasteiger partial charge in [0, 0.05) is 30.2 Å². The maximum atomic E-state index is 9.48. The third-order valence-corrected chi connectivity index (χ3v) is 5.14. The summed E-state index contributed by atoms with van der Waals surface area (Å²) >= 11 is 5.34. The number of hydrogen-bond donors (Lipinski definition) is 3. The Kier molecular flexibility index (Phi) is 7.04. The molecule has 0 atom stereocenters. The smallest absolute Gasteiger partial charge is 0.170 e. The highest BCUT2D eigenvalue weighted by Crippen LogP contribution is 2.24. The van der Waals surface area contributed by atoms with Gasteiger partial charge in [0.15, 0.2) is 5.11 Å². The number of anilines is 2. The van der Waals surface area contributed by atoms with E-state index in [2.05, 4.69) is 41.9 Å². The number of nitriles is 1. The van der Waals surface area contributed by atoms with Crippen molar-refractivity contribution >= 4 is 39.7 Å². The van der Waals surface area contributed by atoms with Crippen molar-refractivity contribution in [3.63, 3.8) is 0 Å². The third-order valence-electron chi connectivity index (χ3n) is 4.89. The number of aryl methyl sites for hydroxylation is 2. The maximum absolute atomic E-state index is 9.48. The molecule has 0 unspecified atom stereocenters. The molecule has 3 aromatic rings. The number of methoxy groups -OCH3 is 1. The molecule has 0 aliphatic rings. The molecule has 6 nitrogen and oxygen atoms in total. The van der Waals surface area contributed by atoms with Crippen LogP contribution in [-0.4, -0.2) is 30.3 Å². The van der Waals surface area contributed by atoms with Crippen LogP contribution in [0.1, 0.15) is 23.1 Å². The summed E-state index contributed by atoms with van der Waals surface area (Å²) in [5.41, 5.74) is 4.67. The maximum Gasteiger partial charge on any atom is 0.170 e. The van der Waals surface area contributed by atoms with Gasteiger partial charge in [0.2, 0.25) is 0 Å². The highest BCUT2D eigenvalue weighted by molar-refractivity contribution is 7.80. The van der Waals surface area contributed by atoms with Crippen molar-refractivity contribution in [3.8, 4) is 11.8 Å². The largest absolute Gasteiger partial charge is 0.497 e. The summed E-state index contributed by atoms with van der Waals surface area (Å²) < 4.78 is 5.21. The number of thiocarbonyl (C=S) groups is 1. The van der Waals surface area contributed by atoms with Crippen LogP contribution in [0, 0.1) is 25.2 Å². The highest BCUT2D eigenvalue weighted by Gasteiger charge is 2.09. The highest BCUT2D eigenvalue weighted by atomic mass is 32.1. The molecule has 0 amide bonds. The second-order valence-corrected chi connectivity index (χ2v) is 7.38. The SMILES string of the molecule is COc1cccc(NC(=S)NCCCNc2nc3c(C)c(C)ccc3cc2C#N)c1. The van der Waals surface area contributed by atoms with Gasteiger partial charge < -0.3 is 20.7 Å². The lowest BCUT2D eigenvalue weighted by atomic mass is 10.0. The lowest BCUT2D eigenvalue weighted by Gasteiger charge is -2.13. The average Bonchev–Trinajstić information content (AvgIpc) is 2.76. The second kappa shape index (κ2) is 9.90. The van der Waals surface area contributed by atoms with E-state index in [1.807, 2.05) is 36.4 Å². The van der Waals surface area contributed by atoms with Crippen LogP contribution in [0.3, 0.4) is 0 Å². The summed E-state index contributed by atoms with van der Waals surface area (Å²) in [5.74, 6) is 1.39. The third kappa shape index (κ3) is 5.16. The predicted molar refractivity (Wildman–Crippen MR) is 126 cm³/mol. The molecule has 2 aromatic carbocycles. The number of hydrogen-bond acceptors (Lipinski definition) is 5. The number of aromatic nitrogens is 1. The molecule has 154 valence electrons. The minimum atomic E-state index is 0.550. The Morgan fingerprint density at radius 2 is 2.00 bits per heavy atom. The molecular formula is C23H25N5OS. The monoisotopic (exact) mass is 419 g/mol. The van der Waals surface area contributed by atoms with Crippen LogP contribution in [0.15, 0.2) is 42.5 Å². The van der Waals surface area contributed by atoms with Crippen LogP contribution < -0.4 is 20.7 Å². The number of fused-ring (bicyclic) bond motifs is 1. The van der Waals surface area contributed by atoms with Crippen molar-refractivity contribution in [2.45, 2.75) is 20.3 Å². The van der Waals surface area contributed by atoms with Crippen molar-refractivity contribution in [2.75, 3.05) is 30.8 Å². The molecule has 0 bridgehead atoms. The van der Waals surface area contributed by atoms with Crippen molar-refractivity contribution in [1.29, 1.82) is 5.26 Å². The molecule has 7 heteroatoms. The summed E-state index contributed by atoms with van der Waals surface area (Å²) in [4.78, 5) is 4.71. The molecule has 0 spiro atoms. The van der Waals surface area contributed by atoms with Gasteiger partial charge in [-0.25, -0.2) is 4.98 Å². The first-order valence-corrected chi connectivity index (χ1v) is 10.2. The fourth-order valence-electron chi connectivity index (χ4n) is 3.08. The Bertz CT molecular complexity index is 1110. The Morgan fingerprint density at radius 1 is 1.17 bits per heavy atom. The van der Waals surface area contributed by atoms with Gasteiger partial charge in [0.25, 0.3) is 0 Å². The first-order valence-electron chi connectivity index (χ1n) is 9.75. The van der Waals surface area contributed by atoms with Crippen LogP contribution >= 0.6 is 12.2 Å². The zero-order valence-corrected chi connectivity index (χ0v) is 18.2. The molecule has 3 rings (SSSR count). The quantitative estimate of drug-likeness (QED) is 0.384. The van der Waals surface area contributed by atoms with Crippen LogP contribution in [-0.2, 0) is 0 Å². The fraction of sp³-hybridized carbons (Fsp3) is 0.261. The second-order valence-electron chi connectivity index (χ2n) is 6.97. The summed E-state index contributed by atoms with van der Waals surface area (Å²) in [6, 6.07) is 15.8. The van der Waals surface area contributed by atoms with Gasteiger partial charge in [-0.1, -0.05) is 18.2 Å². The molecule has 0 saturated heterocycles. The van der Waals surface area contributed by atoms with E-state index in [0.717, 1.165) is 34.3 Å². The molecule has 1 aromatic heterocycles. The van der Waals surface area contributed by atoms with Gasteiger partial charge in [-0.05, 0) is 61.8 Å². The van der Waals surface area contributed by atoms with E-state index < -0.39 is 0 Å². The van der Waals surface area contributed by atoms with Gasteiger partial charge in [-0.15, -0.1) is 0 Å². The van der Waals surface area contributed by atoms with Crippen molar-refractivity contribution in [2.24, 2.45) is 0 Å². The summed E-state index contributed by atoms with van der Waals surface area (Å²) in [6.07, 6.45) is 0.817. The number of nitrogens with zero attached hydrogens (tertiary/aromatic N) is 2. The van der Waals surface area contributed by atoms with Gasteiger partial charge in [-0.3, -0.25) is 0 Å². The molecule has 0 radical (unpaired) electrons. The molecule has 3 N–H and O–H groups in total. The van der Waals surface area contributed by atoms with E-state index in [1.165, 1.54) is 5.56 Å². The molecule has 0 saturated carbocycles. The minimum absolute atomic E-state index is 0.550. The molecule has 0 aliphatic carbocycles. The number of rotatable bonds is 7. The molecule has 0 aliphatic heterocycles. The summed E-state index contributed by atoms with van der Waals surface area (Å²) in [6.45, 7) is 5.49. The standard InChI is InChI=1S/C23H25N5OS/c1-15-8-9-17-12-18(14-24)22(28-21(17)16(15)2)25-10-5-11-26-23(30)27-19-6-4-7-20(13-19)29-3/h4,6-9,12-13H,5,10-11H2,1-3H3,(H,25,28)(H2,26,27,30). The first-order chi connectivity index (χ1) is 14.5. The van der Waals surface area contributed by atoms with E-state index in [4.69, 9.17) is 21.9 Å². The van der Waals surface area contributed by atoms with Crippen LogP contribution in [0.4, 0.5) is 11.5 Å². The number of ether oxygens (including phenoxy) is 1. The van der Waals surface area contributed by atoms with Gasteiger partial charge in [0.1, 0.15) is 17.6 Å². The Morgan fingerprint density at radius 3 is 2.77 bits per heavy atom. The lowest BCUT2D eigenvalue weighted by Crippen LogP contribution is -2.30. The lowest BCUT2D eigenvalue weighted by molar-refractivity contribution is 0.415. The van der Waals surface area contributed by atoms with Crippen molar-refractivity contribution in [3.05, 3.63) is 59.2 Å². The van der Waals surface area contributed by atoms with Crippen molar-refractivity contribution < 1.29 is 4.74 Å². The normalized spacial score (nSPS) is 10.3. The van der Waals surface area contributed by atoms with Crippen LogP contribution in [0.2, 0.25) is 0 Å². The molecule has 0 fully saturated rings. The first kappa shape index (κ1) is 21.3. The van der Waals surface area contributed by atoms with E-state index >= 15 is 0 Å².